The quantitative estimate of drug-likeness (QED) is 0.831. The van der Waals surface area contributed by atoms with Crippen molar-refractivity contribution in [2.24, 2.45) is 0 Å². The van der Waals surface area contributed by atoms with Crippen molar-refractivity contribution in [2.75, 3.05) is 0 Å². The molecule has 5 nitrogen and oxygen atoms in total. The van der Waals surface area contributed by atoms with Crippen LogP contribution >= 0.6 is 0 Å². The Labute approximate surface area is 92.5 Å². The highest BCUT2D eigenvalue weighted by atomic mass is 19.4. The van der Waals surface area contributed by atoms with Gasteiger partial charge in [-0.1, -0.05) is 0 Å². The van der Waals surface area contributed by atoms with Gasteiger partial charge in [0.2, 0.25) is 0 Å². The maximum Gasteiger partial charge on any atom is 0.416 e. The average Bonchev–Trinajstić information content (AvgIpc) is 2.54. The number of pyridine rings is 1. The highest BCUT2D eigenvalue weighted by Gasteiger charge is 2.32. The Morgan fingerprint density at radius 2 is 2.06 bits per heavy atom. The minimum atomic E-state index is -4.62. The molecule has 2 aromatic rings. The van der Waals surface area contributed by atoms with Crippen molar-refractivity contribution < 1.29 is 23.1 Å². The third-order valence-electron chi connectivity index (χ3n) is 2.09. The molecule has 8 heteroatoms. The van der Waals surface area contributed by atoms with Gasteiger partial charge in [-0.25, -0.2) is 14.3 Å². The van der Waals surface area contributed by atoms with Gasteiger partial charge in [0, 0.05) is 0 Å². The summed E-state index contributed by atoms with van der Waals surface area (Å²) in [6, 6.07) is 1.29. The summed E-state index contributed by atoms with van der Waals surface area (Å²) in [5.41, 5.74) is -1.78. The van der Waals surface area contributed by atoms with Crippen molar-refractivity contribution in [3.8, 4) is 0 Å². The third kappa shape index (κ3) is 1.93. The van der Waals surface area contributed by atoms with Gasteiger partial charge in [0.1, 0.15) is 5.82 Å². The molecule has 2 rings (SSSR count). The number of nitrogens with zero attached hydrogens (tertiary/aromatic N) is 3. The largest absolute Gasteiger partial charge is 0.477 e. The summed E-state index contributed by atoms with van der Waals surface area (Å²) >= 11 is 0. The van der Waals surface area contributed by atoms with Gasteiger partial charge < -0.3 is 5.11 Å². The molecule has 0 aliphatic rings. The van der Waals surface area contributed by atoms with Crippen molar-refractivity contribution in [2.45, 2.75) is 13.1 Å². The maximum atomic E-state index is 12.5. The summed E-state index contributed by atoms with van der Waals surface area (Å²) in [4.78, 5) is 14.6. The monoisotopic (exact) mass is 245 g/mol. The predicted octanol–water partition coefficient (Wildman–Crippen LogP) is 1.75. The van der Waals surface area contributed by atoms with Gasteiger partial charge in [-0.05, 0) is 19.1 Å². The second-order valence-electron chi connectivity index (χ2n) is 3.36. The molecule has 1 N–H and O–H groups in total. The summed E-state index contributed by atoms with van der Waals surface area (Å²) in [6.07, 6.45) is -4.62. The van der Waals surface area contributed by atoms with Crippen LogP contribution in [0.3, 0.4) is 0 Å². The number of aromatic carboxylic acids is 1. The van der Waals surface area contributed by atoms with E-state index in [-0.39, 0.29) is 11.5 Å². The Hall–Kier alpha value is -2.12. The van der Waals surface area contributed by atoms with Crippen LogP contribution < -0.4 is 0 Å². The van der Waals surface area contributed by atoms with Gasteiger partial charge in [0.15, 0.2) is 11.3 Å². The fourth-order valence-corrected chi connectivity index (χ4v) is 1.41. The summed E-state index contributed by atoms with van der Waals surface area (Å²) in [7, 11) is 0. The van der Waals surface area contributed by atoms with E-state index in [4.69, 9.17) is 5.11 Å². The Morgan fingerprint density at radius 1 is 1.41 bits per heavy atom. The molecular formula is C9H6F3N3O2. The van der Waals surface area contributed by atoms with Crippen LogP contribution in [0.5, 0.6) is 0 Å². The number of hydrogen-bond acceptors (Lipinski definition) is 3. The molecule has 0 saturated carbocycles. The highest BCUT2D eigenvalue weighted by Crippen LogP contribution is 2.30. The van der Waals surface area contributed by atoms with Crippen LogP contribution in [0.15, 0.2) is 12.1 Å². The number of rotatable bonds is 1. The molecule has 2 heterocycles. The van der Waals surface area contributed by atoms with Gasteiger partial charge in [-0.2, -0.15) is 18.3 Å². The van der Waals surface area contributed by atoms with E-state index >= 15 is 0 Å². The number of hydrogen-bond donors (Lipinski definition) is 1. The van der Waals surface area contributed by atoms with Crippen molar-refractivity contribution in [3.63, 3.8) is 0 Å². The zero-order chi connectivity index (χ0) is 12.8. The van der Waals surface area contributed by atoms with E-state index < -0.39 is 23.4 Å². The van der Waals surface area contributed by atoms with Gasteiger partial charge in [-0.15, -0.1) is 0 Å². The summed E-state index contributed by atoms with van der Waals surface area (Å²) in [5.74, 6) is -1.29. The van der Waals surface area contributed by atoms with Crippen molar-refractivity contribution in [1.82, 2.24) is 14.6 Å². The molecule has 2 aromatic heterocycles. The van der Waals surface area contributed by atoms with Crippen LogP contribution in [0.2, 0.25) is 0 Å². The Kier molecular flexibility index (Phi) is 2.30. The zero-order valence-corrected chi connectivity index (χ0v) is 8.49. The lowest BCUT2D eigenvalue weighted by molar-refractivity contribution is -0.137. The maximum absolute atomic E-state index is 12.5. The fourth-order valence-electron chi connectivity index (χ4n) is 1.41. The molecule has 0 amide bonds. The van der Waals surface area contributed by atoms with E-state index in [0.29, 0.717) is 6.07 Å². The standard InChI is InChI=1S/C9H6F3N3O2/c1-4-13-7-3-5(9(10,11)12)2-6(8(16)17)15(7)14-4/h2-3H,1H3,(H,16,17). The highest BCUT2D eigenvalue weighted by molar-refractivity contribution is 5.86. The average molecular weight is 245 g/mol. The van der Waals surface area contributed by atoms with E-state index in [9.17, 15) is 18.0 Å². The number of carboxylic acid groups (broad SMARTS) is 1. The van der Waals surface area contributed by atoms with Gasteiger partial charge in [0.05, 0.1) is 5.56 Å². The van der Waals surface area contributed by atoms with Crippen LogP contribution in [-0.4, -0.2) is 25.7 Å². The first-order chi connectivity index (χ1) is 7.79. The molecule has 0 aromatic carbocycles. The minimum absolute atomic E-state index is 0.144. The first-order valence-corrected chi connectivity index (χ1v) is 4.47. The van der Waals surface area contributed by atoms with Crippen LogP contribution in [0, 0.1) is 6.92 Å². The third-order valence-corrected chi connectivity index (χ3v) is 2.09. The lowest BCUT2D eigenvalue weighted by Gasteiger charge is -2.07. The van der Waals surface area contributed by atoms with Gasteiger partial charge in [0.25, 0.3) is 0 Å². The lowest BCUT2D eigenvalue weighted by atomic mass is 10.2. The van der Waals surface area contributed by atoms with Crippen LogP contribution in [-0.2, 0) is 6.18 Å². The Bertz CT molecular complexity index is 603. The van der Waals surface area contributed by atoms with Crippen LogP contribution in [0.4, 0.5) is 13.2 Å². The van der Waals surface area contributed by atoms with E-state index in [0.717, 1.165) is 10.6 Å². The molecule has 17 heavy (non-hydrogen) atoms. The topological polar surface area (TPSA) is 67.5 Å². The van der Waals surface area contributed by atoms with Crippen molar-refractivity contribution in [3.05, 3.63) is 29.2 Å². The van der Waals surface area contributed by atoms with E-state index in [1.165, 1.54) is 6.92 Å². The predicted molar refractivity (Wildman–Crippen MR) is 49.7 cm³/mol. The molecule has 0 fully saturated rings. The molecule has 0 unspecified atom stereocenters. The Balaban J connectivity index is 2.80. The number of carboxylic acids is 1. The molecule has 0 spiro atoms. The number of halogens is 3. The zero-order valence-electron chi connectivity index (χ0n) is 8.49. The molecule has 0 bridgehead atoms. The first-order valence-electron chi connectivity index (χ1n) is 4.47. The smallest absolute Gasteiger partial charge is 0.416 e. The first kappa shape index (κ1) is 11.4. The molecule has 0 radical (unpaired) electrons. The van der Waals surface area contributed by atoms with E-state index in [1.54, 1.807) is 0 Å². The van der Waals surface area contributed by atoms with E-state index in [2.05, 4.69) is 10.1 Å². The lowest BCUT2D eigenvalue weighted by Crippen LogP contribution is -2.12. The SMILES string of the molecule is Cc1nc2cc(C(F)(F)F)cc(C(=O)O)n2n1. The molecule has 0 aliphatic carbocycles. The minimum Gasteiger partial charge on any atom is -0.477 e. The normalized spacial score (nSPS) is 12.0. The number of aromatic nitrogens is 3. The van der Waals surface area contributed by atoms with Crippen LogP contribution in [0.1, 0.15) is 21.9 Å². The van der Waals surface area contributed by atoms with E-state index in [1.807, 2.05) is 0 Å². The van der Waals surface area contributed by atoms with Crippen LogP contribution in [0.25, 0.3) is 5.65 Å². The summed E-state index contributed by atoms with van der Waals surface area (Å²) < 4.78 is 38.4. The second-order valence-corrected chi connectivity index (χ2v) is 3.36. The van der Waals surface area contributed by atoms with Gasteiger partial charge in [-0.3, -0.25) is 0 Å². The number of alkyl halides is 3. The van der Waals surface area contributed by atoms with Crippen molar-refractivity contribution >= 4 is 11.6 Å². The van der Waals surface area contributed by atoms with Crippen molar-refractivity contribution in [1.29, 1.82) is 0 Å². The molecule has 0 aliphatic heterocycles. The number of aryl methyl sites for hydroxylation is 1. The molecule has 0 atom stereocenters. The van der Waals surface area contributed by atoms with Gasteiger partial charge >= 0.3 is 12.1 Å². The fraction of sp³-hybridized carbons (Fsp3) is 0.222. The number of fused-ring (bicyclic) bond motifs is 1. The Morgan fingerprint density at radius 3 is 2.59 bits per heavy atom. The molecule has 0 saturated heterocycles. The number of carbonyl (C=O) groups is 1. The molecular weight excluding hydrogens is 239 g/mol. The second kappa shape index (κ2) is 3.44. The summed E-state index contributed by atoms with van der Waals surface area (Å²) in [5, 5.41) is 12.5. The molecule has 90 valence electrons. The summed E-state index contributed by atoms with van der Waals surface area (Å²) in [6.45, 7) is 1.46.